The van der Waals surface area contributed by atoms with Crippen molar-refractivity contribution in [3.8, 4) is 0 Å². The Balaban J connectivity index is 1.44. The van der Waals surface area contributed by atoms with Gasteiger partial charge < -0.3 is 10.2 Å². The van der Waals surface area contributed by atoms with Gasteiger partial charge in [-0.15, -0.1) is 0 Å². The van der Waals surface area contributed by atoms with Crippen molar-refractivity contribution in [2.75, 3.05) is 32.7 Å². The molecule has 2 amide bonds. The maximum absolute atomic E-state index is 13.0. The minimum Gasteiger partial charge on any atom is -0.352 e. The number of carbonyl (C=O) groups excluding carboxylic acids is 2. The molecule has 1 heterocycles. The second-order valence-corrected chi connectivity index (χ2v) is 8.02. The molecule has 1 saturated carbocycles. The third-order valence-electron chi connectivity index (χ3n) is 6.17. The van der Waals surface area contributed by atoms with Crippen LogP contribution in [0.5, 0.6) is 0 Å². The fraction of sp³-hybridized carbons (Fsp3) is 0.619. The zero-order chi connectivity index (χ0) is 19.4. The minimum atomic E-state index is -0.343. The Morgan fingerprint density at radius 1 is 1.07 bits per heavy atom. The zero-order valence-electron chi connectivity index (χ0n) is 16.3. The number of halogens is 1. The molecule has 1 N–H and O–H groups in total. The minimum absolute atomic E-state index is 0.0795. The maximum Gasteiger partial charge on any atom is 0.253 e. The number of nitrogens with one attached hydrogen (secondary N) is 1. The molecule has 1 saturated heterocycles. The Morgan fingerprint density at radius 2 is 1.74 bits per heavy atom. The van der Waals surface area contributed by atoms with Crippen molar-refractivity contribution in [1.82, 2.24) is 15.1 Å². The molecule has 6 heteroatoms. The molecule has 148 valence electrons. The average molecular weight is 375 g/mol. The van der Waals surface area contributed by atoms with Crippen molar-refractivity contribution in [1.29, 1.82) is 0 Å². The normalized spacial score (nSPS) is 26.6. The van der Waals surface area contributed by atoms with Gasteiger partial charge in [0, 0.05) is 37.8 Å². The molecule has 5 nitrogen and oxygen atoms in total. The number of hydrogen-bond acceptors (Lipinski definition) is 3. The summed E-state index contributed by atoms with van der Waals surface area (Å²) in [6.07, 6.45) is 3.50. The first-order valence-electron chi connectivity index (χ1n) is 10.0. The number of nitrogens with zero attached hydrogens (tertiary/aromatic N) is 2. The lowest BCUT2D eigenvalue weighted by Gasteiger charge is -2.37. The van der Waals surface area contributed by atoms with Crippen LogP contribution < -0.4 is 5.32 Å². The summed E-state index contributed by atoms with van der Waals surface area (Å²) in [5.74, 6) is 0.838. The molecular weight excluding hydrogens is 345 g/mol. The van der Waals surface area contributed by atoms with Crippen LogP contribution in [0.1, 0.15) is 43.5 Å². The zero-order valence-corrected chi connectivity index (χ0v) is 16.3. The van der Waals surface area contributed by atoms with E-state index in [-0.39, 0.29) is 23.7 Å². The van der Waals surface area contributed by atoms with E-state index in [4.69, 9.17) is 0 Å². The first-order valence-corrected chi connectivity index (χ1v) is 10.0. The number of piperazine rings is 1. The van der Waals surface area contributed by atoms with Gasteiger partial charge in [0.2, 0.25) is 5.91 Å². The van der Waals surface area contributed by atoms with Crippen molar-refractivity contribution >= 4 is 11.8 Å². The Morgan fingerprint density at radius 3 is 2.41 bits per heavy atom. The van der Waals surface area contributed by atoms with Gasteiger partial charge in [-0.3, -0.25) is 14.5 Å². The molecule has 0 radical (unpaired) electrons. The second kappa shape index (κ2) is 8.83. The molecule has 0 spiro atoms. The molecule has 0 aromatic heterocycles. The molecule has 1 aliphatic carbocycles. The van der Waals surface area contributed by atoms with E-state index in [2.05, 4.69) is 24.1 Å². The fourth-order valence-corrected chi connectivity index (χ4v) is 4.13. The largest absolute Gasteiger partial charge is 0.352 e. The van der Waals surface area contributed by atoms with Crippen LogP contribution in [-0.4, -0.2) is 60.4 Å². The third-order valence-corrected chi connectivity index (χ3v) is 6.17. The molecule has 3 rings (SSSR count). The monoisotopic (exact) mass is 375 g/mol. The lowest BCUT2D eigenvalue weighted by atomic mass is 9.78. The van der Waals surface area contributed by atoms with Crippen LogP contribution in [0.4, 0.5) is 4.39 Å². The van der Waals surface area contributed by atoms with Gasteiger partial charge in [-0.2, -0.15) is 0 Å². The number of hydrogen-bond donors (Lipinski definition) is 1. The van der Waals surface area contributed by atoms with Gasteiger partial charge >= 0.3 is 0 Å². The van der Waals surface area contributed by atoms with E-state index in [1.807, 2.05) is 0 Å². The SMILES string of the molecule is CC1CCCC(NC(=O)CN2CCN(C(=O)c3ccc(F)cc3)CC2)C1C. The highest BCUT2D eigenvalue weighted by molar-refractivity contribution is 5.94. The van der Waals surface area contributed by atoms with Crippen LogP contribution in [0.3, 0.4) is 0 Å². The molecule has 0 bridgehead atoms. The predicted octanol–water partition coefficient (Wildman–Crippen LogP) is 2.52. The predicted molar refractivity (Wildman–Crippen MR) is 103 cm³/mol. The molecule has 27 heavy (non-hydrogen) atoms. The average Bonchev–Trinajstić information content (AvgIpc) is 2.66. The van der Waals surface area contributed by atoms with Gasteiger partial charge in [-0.1, -0.05) is 26.7 Å². The van der Waals surface area contributed by atoms with Crippen LogP contribution in [0.2, 0.25) is 0 Å². The molecule has 1 aromatic rings. The number of carbonyl (C=O) groups is 2. The molecule has 2 aliphatic rings. The van der Waals surface area contributed by atoms with E-state index in [1.165, 1.54) is 37.1 Å². The number of rotatable bonds is 4. The lowest BCUT2D eigenvalue weighted by Crippen LogP contribution is -2.53. The van der Waals surface area contributed by atoms with Crippen LogP contribution in [-0.2, 0) is 4.79 Å². The van der Waals surface area contributed by atoms with E-state index in [0.29, 0.717) is 50.1 Å². The van der Waals surface area contributed by atoms with Crippen molar-refractivity contribution in [3.05, 3.63) is 35.6 Å². The maximum atomic E-state index is 13.0. The molecule has 3 unspecified atom stereocenters. The molecule has 2 fully saturated rings. The first-order chi connectivity index (χ1) is 12.9. The summed E-state index contributed by atoms with van der Waals surface area (Å²) >= 11 is 0. The molecule has 3 atom stereocenters. The van der Waals surface area contributed by atoms with E-state index in [1.54, 1.807) is 4.90 Å². The van der Waals surface area contributed by atoms with Gasteiger partial charge in [0.25, 0.3) is 5.91 Å². The summed E-state index contributed by atoms with van der Waals surface area (Å²) in [7, 11) is 0. The summed E-state index contributed by atoms with van der Waals surface area (Å²) in [4.78, 5) is 28.8. The molecule has 1 aliphatic heterocycles. The van der Waals surface area contributed by atoms with Gasteiger partial charge in [-0.05, 0) is 42.5 Å². The van der Waals surface area contributed by atoms with E-state index in [9.17, 15) is 14.0 Å². The van der Waals surface area contributed by atoms with Gasteiger partial charge in [-0.25, -0.2) is 4.39 Å². The topological polar surface area (TPSA) is 52.7 Å². The van der Waals surface area contributed by atoms with Gasteiger partial charge in [0.1, 0.15) is 5.82 Å². The quantitative estimate of drug-likeness (QED) is 0.880. The second-order valence-electron chi connectivity index (χ2n) is 8.02. The van der Waals surface area contributed by atoms with Gasteiger partial charge in [0.15, 0.2) is 0 Å². The first kappa shape index (κ1) is 19.8. The number of amides is 2. The van der Waals surface area contributed by atoms with E-state index < -0.39 is 0 Å². The lowest BCUT2D eigenvalue weighted by molar-refractivity contribution is -0.124. The Hall–Kier alpha value is -1.95. The Bertz CT molecular complexity index is 656. The highest BCUT2D eigenvalue weighted by Crippen LogP contribution is 2.29. The third kappa shape index (κ3) is 5.06. The van der Waals surface area contributed by atoms with Crippen molar-refractivity contribution in [3.63, 3.8) is 0 Å². The fourth-order valence-electron chi connectivity index (χ4n) is 4.13. The van der Waals surface area contributed by atoms with Crippen LogP contribution in [0.15, 0.2) is 24.3 Å². The molecular formula is C21H30FN3O2. The summed E-state index contributed by atoms with van der Waals surface area (Å²) in [6, 6.07) is 5.93. The Kier molecular flexibility index (Phi) is 6.47. The highest BCUT2D eigenvalue weighted by atomic mass is 19.1. The van der Waals surface area contributed by atoms with Crippen LogP contribution in [0.25, 0.3) is 0 Å². The van der Waals surface area contributed by atoms with Crippen molar-refractivity contribution < 1.29 is 14.0 Å². The summed E-state index contributed by atoms with van der Waals surface area (Å²) in [5.41, 5.74) is 0.503. The van der Waals surface area contributed by atoms with Crippen LogP contribution >= 0.6 is 0 Å². The number of benzene rings is 1. The summed E-state index contributed by atoms with van der Waals surface area (Å²) in [6.45, 7) is 7.40. The molecule has 1 aromatic carbocycles. The Labute approximate surface area is 160 Å². The van der Waals surface area contributed by atoms with Gasteiger partial charge in [0.05, 0.1) is 6.54 Å². The van der Waals surface area contributed by atoms with Crippen molar-refractivity contribution in [2.24, 2.45) is 11.8 Å². The highest BCUT2D eigenvalue weighted by Gasteiger charge is 2.29. The smallest absolute Gasteiger partial charge is 0.253 e. The summed E-state index contributed by atoms with van der Waals surface area (Å²) in [5, 5.41) is 3.21. The standard InChI is InChI=1S/C21H30FN3O2/c1-15-4-3-5-19(16(15)2)23-20(26)14-24-10-12-25(13-11-24)21(27)17-6-8-18(22)9-7-17/h6-9,15-16,19H,3-5,10-14H2,1-2H3,(H,23,26). The van der Waals surface area contributed by atoms with Crippen LogP contribution in [0, 0.1) is 17.7 Å². The summed E-state index contributed by atoms with van der Waals surface area (Å²) < 4.78 is 13.0. The van der Waals surface area contributed by atoms with E-state index in [0.717, 1.165) is 6.42 Å². The van der Waals surface area contributed by atoms with Crippen molar-refractivity contribution in [2.45, 2.75) is 39.2 Å². The van der Waals surface area contributed by atoms with E-state index >= 15 is 0 Å².